The summed E-state index contributed by atoms with van der Waals surface area (Å²) in [7, 11) is 0. The summed E-state index contributed by atoms with van der Waals surface area (Å²) in [6.45, 7) is 1.85. The minimum atomic E-state index is -0.424. The van der Waals surface area contributed by atoms with Crippen LogP contribution in [-0.4, -0.2) is 12.5 Å². The number of amides is 1. The Morgan fingerprint density at radius 2 is 1.83 bits per heavy atom. The Labute approximate surface area is 132 Å². The number of carbonyl (C=O) groups is 1. The molecular weight excluding hydrogens is 294 g/mol. The van der Waals surface area contributed by atoms with Crippen molar-refractivity contribution in [2.45, 2.75) is 6.92 Å². The lowest BCUT2D eigenvalue weighted by atomic mass is 10.2. The average molecular weight is 309 g/mol. The number of anilines is 1. The third-order valence-electron chi connectivity index (χ3n) is 3.30. The molecule has 0 unspecified atom stereocenters. The molecule has 3 rings (SSSR count). The second-order valence-electron chi connectivity index (χ2n) is 5.16. The molecule has 0 atom stereocenters. The lowest BCUT2D eigenvalue weighted by molar-refractivity contribution is -0.118. The molecule has 3 aromatic rings. The van der Waals surface area contributed by atoms with Crippen molar-refractivity contribution in [3.63, 3.8) is 0 Å². The van der Waals surface area contributed by atoms with E-state index in [9.17, 15) is 9.59 Å². The maximum Gasteiger partial charge on any atom is 0.336 e. The number of fused-ring (bicyclic) bond motifs is 1. The molecule has 0 fully saturated rings. The summed E-state index contributed by atoms with van der Waals surface area (Å²) in [4.78, 5) is 23.1. The van der Waals surface area contributed by atoms with Gasteiger partial charge in [0.05, 0.1) is 0 Å². The van der Waals surface area contributed by atoms with Gasteiger partial charge in [0.25, 0.3) is 5.91 Å². The van der Waals surface area contributed by atoms with E-state index in [-0.39, 0.29) is 12.5 Å². The highest BCUT2D eigenvalue weighted by molar-refractivity contribution is 5.91. The van der Waals surface area contributed by atoms with Crippen LogP contribution < -0.4 is 15.7 Å². The second kappa shape index (κ2) is 6.36. The standard InChI is InChI=1S/C18H15NO4/c1-12-2-6-14(7-3-12)19-17(20)11-22-15-8-4-13-5-9-18(21)23-16(13)10-15/h2-10H,11H2,1H3,(H,19,20). The van der Waals surface area contributed by atoms with E-state index in [2.05, 4.69) is 5.32 Å². The van der Waals surface area contributed by atoms with Crippen molar-refractivity contribution in [2.75, 3.05) is 11.9 Å². The Morgan fingerprint density at radius 3 is 2.61 bits per heavy atom. The fourth-order valence-corrected chi connectivity index (χ4v) is 2.11. The van der Waals surface area contributed by atoms with Gasteiger partial charge in [-0.3, -0.25) is 4.79 Å². The zero-order valence-corrected chi connectivity index (χ0v) is 12.5. The molecule has 0 saturated heterocycles. The average Bonchev–Trinajstić information content (AvgIpc) is 2.54. The van der Waals surface area contributed by atoms with Crippen LogP contribution in [0.25, 0.3) is 11.0 Å². The van der Waals surface area contributed by atoms with Crippen molar-refractivity contribution in [3.05, 3.63) is 70.6 Å². The molecule has 1 aromatic heterocycles. The molecule has 23 heavy (non-hydrogen) atoms. The first-order valence-corrected chi connectivity index (χ1v) is 7.13. The normalized spacial score (nSPS) is 10.5. The largest absolute Gasteiger partial charge is 0.484 e. The fraction of sp³-hybridized carbons (Fsp3) is 0.111. The Bertz CT molecular complexity index is 897. The Kier molecular flexibility index (Phi) is 4.10. The SMILES string of the molecule is Cc1ccc(NC(=O)COc2ccc3ccc(=O)oc3c2)cc1. The Balaban J connectivity index is 1.64. The third-order valence-corrected chi connectivity index (χ3v) is 3.30. The van der Waals surface area contributed by atoms with Crippen molar-refractivity contribution in [1.82, 2.24) is 0 Å². The molecular formula is C18H15NO4. The minimum absolute atomic E-state index is 0.129. The van der Waals surface area contributed by atoms with E-state index >= 15 is 0 Å². The molecule has 0 saturated carbocycles. The monoisotopic (exact) mass is 309 g/mol. The Morgan fingerprint density at radius 1 is 1.09 bits per heavy atom. The highest BCUT2D eigenvalue weighted by atomic mass is 16.5. The smallest absolute Gasteiger partial charge is 0.336 e. The van der Waals surface area contributed by atoms with Gasteiger partial charge in [-0.1, -0.05) is 17.7 Å². The summed E-state index contributed by atoms with van der Waals surface area (Å²) in [6.07, 6.45) is 0. The lowest BCUT2D eigenvalue weighted by Gasteiger charge is -2.08. The molecule has 0 aliphatic rings. The van der Waals surface area contributed by atoms with Gasteiger partial charge in [0.2, 0.25) is 0 Å². The van der Waals surface area contributed by atoms with Gasteiger partial charge in [0, 0.05) is 23.2 Å². The summed E-state index contributed by atoms with van der Waals surface area (Å²) in [5, 5.41) is 3.54. The molecule has 0 bridgehead atoms. The van der Waals surface area contributed by atoms with Crippen LogP contribution in [-0.2, 0) is 4.79 Å². The van der Waals surface area contributed by atoms with Crippen molar-refractivity contribution in [1.29, 1.82) is 0 Å². The van der Waals surface area contributed by atoms with E-state index in [0.29, 0.717) is 17.0 Å². The number of ether oxygens (including phenoxy) is 1. The van der Waals surface area contributed by atoms with E-state index < -0.39 is 5.63 Å². The van der Waals surface area contributed by atoms with Gasteiger partial charge in [-0.15, -0.1) is 0 Å². The molecule has 5 nitrogen and oxygen atoms in total. The molecule has 1 N–H and O–H groups in total. The number of hydrogen-bond donors (Lipinski definition) is 1. The van der Waals surface area contributed by atoms with E-state index in [0.717, 1.165) is 10.9 Å². The summed E-state index contributed by atoms with van der Waals surface area (Å²) < 4.78 is 10.5. The maximum atomic E-state index is 11.9. The quantitative estimate of drug-likeness (QED) is 0.752. The number of aryl methyl sites for hydroxylation is 1. The summed E-state index contributed by atoms with van der Waals surface area (Å²) in [6, 6.07) is 15.6. The molecule has 5 heteroatoms. The highest BCUT2D eigenvalue weighted by Crippen LogP contribution is 2.19. The summed E-state index contributed by atoms with van der Waals surface area (Å²) in [5.74, 6) is 0.203. The van der Waals surface area contributed by atoms with Crippen molar-refractivity contribution in [2.24, 2.45) is 0 Å². The molecule has 1 heterocycles. The molecule has 0 spiro atoms. The van der Waals surface area contributed by atoms with Gasteiger partial charge in [-0.2, -0.15) is 0 Å². The van der Waals surface area contributed by atoms with Gasteiger partial charge < -0.3 is 14.5 Å². The zero-order valence-electron chi connectivity index (χ0n) is 12.5. The van der Waals surface area contributed by atoms with Crippen molar-refractivity contribution in [3.8, 4) is 5.75 Å². The number of hydrogen-bond acceptors (Lipinski definition) is 4. The first-order valence-electron chi connectivity index (χ1n) is 7.13. The van der Waals surface area contributed by atoms with Gasteiger partial charge >= 0.3 is 5.63 Å². The van der Waals surface area contributed by atoms with Crippen molar-refractivity contribution >= 4 is 22.6 Å². The first-order chi connectivity index (χ1) is 11.1. The van der Waals surface area contributed by atoms with Gasteiger partial charge in [0.15, 0.2) is 6.61 Å². The number of benzene rings is 2. The van der Waals surface area contributed by atoms with Crippen LogP contribution >= 0.6 is 0 Å². The predicted octanol–water partition coefficient (Wildman–Crippen LogP) is 3.12. The molecule has 116 valence electrons. The van der Waals surface area contributed by atoms with Crippen LogP contribution in [0.15, 0.2) is 63.8 Å². The molecule has 2 aromatic carbocycles. The van der Waals surface area contributed by atoms with Crippen molar-refractivity contribution < 1.29 is 13.9 Å². The molecule has 1 amide bonds. The minimum Gasteiger partial charge on any atom is -0.484 e. The zero-order chi connectivity index (χ0) is 16.2. The van der Waals surface area contributed by atoms with E-state index in [1.54, 1.807) is 24.3 Å². The number of carbonyl (C=O) groups excluding carboxylic acids is 1. The van der Waals surface area contributed by atoms with Crippen LogP contribution in [0, 0.1) is 6.92 Å². The van der Waals surface area contributed by atoms with E-state index in [1.165, 1.54) is 6.07 Å². The summed E-state index contributed by atoms with van der Waals surface area (Å²) >= 11 is 0. The topological polar surface area (TPSA) is 68.5 Å². The summed E-state index contributed by atoms with van der Waals surface area (Å²) in [5.41, 5.74) is 1.84. The molecule has 0 aliphatic carbocycles. The van der Waals surface area contributed by atoms with Crippen LogP contribution in [0.1, 0.15) is 5.56 Å². The first kappa shape index (κ1) is 14.8. The highest BCUT2D eigenvalue weighted by Gasteiger charge is 2.05. The lowest BCUT2D eigenvalue weighted by Crippen LogP contribution is -2.20. The van der Waals surface area contributed by atoms with Crippen LogP contribution in [0.4, 0.5) is 5.69 Å². The van der Waals surface area contributed by atoms with Crippen LogP contribution in [0.2, 0.25) is 0 Å². The Hall–Kier alpha value is -3.08. The number of rotatable bonds is 4. The maximum absolute atomic E-state index is 11.9. The second-order valence-corrected chi connectivity index (χ2v) is 5.16. The van der Waals surface area contributed by atoms with E-state index in [1.807, 2.05) is 31.2 Å². The van der Waals surface area contributed by atoms with E-state index in [4.69, 9.17) is 9.15 Å². The predicted molar refractivity (Wildman–Crippen MR) is 87.8 cm³/mol. The van der Waals surface area contributed by atoms with Crippen LogP contribution in [0.3, 0.4) is 0 Å². The van der Waals surface area contributed by atoms with Crippen LogP contribution in [0.5, 0.6) is 5.75 Å². The van der Waals surface area contributed by atoms with Gasteiger partial charge in [-0.25, -0.2) is 4.79 Å². The molecule has 0 aliphatic heterocycles. The van der Waals surface area contributed by atoms with Gasteiger partial charge in [-0.05, 0) is 37.3 Å². The van der Waals surface area contributed by atoms with Gasteiger partial charge in [0.1, 0.15) is 11.3 Å². The fourth-order valence-electron chi connectivity index (χ4n) is 2.11. The number of nitrogens with one attached hydrogen (secondary N) is 1. The molecule has 0 radical (unpaired) electrons. The third kappa shape index (κ3) is 3.77.